The molecular weight excluding hydrogens is 514 g/mol. The number of aliphatic carboxylic acids is 1. The Morgan fingerprint density at radius 1 is 1.16 bits per heavy atom. The number of hydrogen-bond acceptors (Lipinski definition) is 8. The number of carboxylic acids is 1. The van der Waals surface area contributed by atoms with Crippen LogP contribution in [0.1, 0.15) is 28.2 Å². The molecule has 1 aromatic heterocycles. The van der Waals surface area contributed by atoms with Gasteiger partial charge in [-0.1, -0.05) is 18.2 Å². The maximum atomic E-state index is 13.2. The predicted molar refractivity (Wildman–Crippen MR) is 146 cm³/mol. The largest absolute Gasteiger partial charge is 0.480 e. The Morgan fingerprint density at radius 3 is 2.65 bits per heavy atom. The van der Waals surface area contributed by atoms with Crippen molar-refractivity contribution in [3.63, 3.8) is 0 Å². The number of guanidine groups is 1. The summed E-state index contributed by atoms with van der Waals surface area (Å²) >= 11 is 2.73. The van der Waals surface area contributed by atoms with Crippen molar-refractivity contribution in [1.29, 1.82) is 0 Å². The number of nitrogens with one attached hydrogen (secondary N) is 2. The van der Waals surface area contributed by atoms with Gasteiger partial charge in [-0.05, 0) is 43.2 Å². The number of thiazole rings is 1. The molecular formula is C24H25N7O4S2. The maximum absolute atomic E-state index is 13.2. The minimum atomic E-state index is -0.958. The van der Waals surface area contributed by atoms with Gasteiger partial charge < -0.3 is 27.2 Å². The van der Waals surface area contributed by atoms with Gasteiger partial charge in [-0.25, -0.2) is 9.78 Å². The highest BCUT2D eigenvalue weighted by Gasteiger charge is 2.27. The van der Waals surface area contributed by atoms with E-state index >= 15 is 0 Å². The first kappa shape index (κ1) is 26.1. The van der Waals surface area contributed by atoms with Crippen LogP contribution in [0.4, 0.5) is 5.69 Å². The molecule has 7 N–H and O–H groups in total. The molecule has 2 amide bonds. The van der Waals surface area contributed by atoms with Crippen LogP contribution < -0.4 is 22.1 Å². The first-order valence-corrected chi connectivity index (χ1v) is 13.2. The molecule has 0 spiro atoms. The van der Waals surface area contributed by atoms with Crippen LogP contribution in [0.2, 0.25) is 0 Å². The van der Waals surface area contributed by atoms with Crippen LogP contribution in [0, 0.1) is 0 Å². The van der Waals surface area contributed by atoms with Crippen molar-refractivity contribution < 1.29 is 19.5 Å². The summed E-state index contributed by atoms with van der Waals surface area (Å²) < 4.78 is 0.813. The van der Waals surface area contributed by atoms with Crippen molar-refractivity contribution >= 4 is 67.8 Å². The van der Waals surface area contributed by atoms with E-state index in [2.05, 4.69) is 25.6 Å². The maximum Gasteiger partial charge on any atom is 0.329 e. The lowest BCUT2D eigenvalue weighted by Gasteiger charge is -2.18. The molecule has 13 heteroatoms. The summed E-state index contributed by atoms with van der Waals surface area (Å²) in [5.74, 6) is -1.35. The number of anilines is 1. The standard InChI is InChI=1S/C24H25N7O4S2/c25-24(26)27-10-4-7-16(29-19(32)13-5-2-1-3-6-13)20(33)28-14-8-9-15-18(11-14)37-22(30-15)21-31-17(12-36-21)23(34)35/h1-3,5-6,8-9,11,16-17H,4,7,10,12H2,(H,28,33)(H,29,32)(H,34,35)(H4,25,26,27)/t16-,17+/m0/s1. The molecule has 1 aliphatic heterocycles. The first-order chi connectivity index (χ1) is 17.8. The number of aromatic nitrogens is 1. The van der Waals surface area contributed by atoms with E-state index in [9.17, 15) is 19.5 Å². The van der Waals surface area contributed by atoms with Crippen molar-refractivity contribution in [2.24, 2.45) is 21.5 Å². The second-order valence-electron chi connectivity index (χ2n) is 8.13. The van der Waals surface area contributed by atoms with Gasteiger partial charge in [-0.3, -0.25) is 19.6 Å². The smallest absolute Gasteiger partial charge is 0.329 e. The van der Waals surface area contributed by atoms with Crippen LogP contribution >= 0.6 is 23.1 Å². The van der Waals surface area contributed by atoms with Gasteiger partial charge in [0.1, 0.15) is 16.1 Å². The van der Waals surface area contributed by atoms with E-state index in [1.807, 2.05) is 0 Å². The average molecular weight is 540 g/mol. The zero-order chi connectivity index (χ0) is 26.4. The second kappa shape index (κ2) is 11.8. The molecule has 37 heavy (non-hydrogen) atoms. The highest BCUT2D eigenvalue weighted by atomic mass is 32.2. The summed E-state index contributed by atoms with van der Waals surface area (Å²) in [6.45, 7) is 0.327. The van der Waals surface area contributed by atoms with Crippen LogP contribution in [0.25, 0.3) is 10.2 Å². The van der Waals surface area contributed by atoms with Crippen LogP contribution in [0.5, 0.6) is 0 Å². The lowest BCUT2D eigenvalue weighted by molar-refractivity contribution is -0.137. The third-order valence-corrected chi connectivity index (χ3v) is 7.59. The monoisotopic (exact) mass is 539 g/mol. The fourth-order valence-corrected chi connectivity index (χ4v) is 5.65. The van der Waals surface area contributed by atoms with Crippen molar-refractivity contribution in [3.8, 4) is 0 Å². The van der Waals surface area contributed by atoms with Gasteiger partial charge >= 0.3 is 5.97 Å². The third-order valence-electron chi connectivity index (χ3n) is 5.38. The zero-order valence-corrected chi connectivity index (χ0v) is 21.2. The van der Waals surface area contributed by atoms with E-state index in [1.165, 1.54) is 23.1 Å². The SMILES string of the molecule is NC(N)=NCCC[C@H](NC(=O)c1ccccc1)C(=O)Nc1ccc2nc(C3=N[C@@H](C(=O)O)CS3)sc2c1. The van der Waals surface area contributed by atoms with Crippen LogP contribution in [-0.4, -0.2) is 63.3 Å². The summed E-state index contributed by atoms with van der Waals surface area (Å²) in [6, 6.07) is 12.4. The van der Waals surface area contributed by atoms with Gasteiger partial charge in [0.05, 0.1) is 10.2 Å². The number of carbonyl (C=O) groups is 3. The lowest BCUT2D eigenvalue weighted by Crippen LogP contribution is -2.44. The summed E-state index contributed by atoms with van der Waals surface area (Å²) in [5, 5.41) is 16.1. The van der Waals surface area contributed by atoms with Gasteiger partial charge in [0, 0.05) is 23.5 Å². The molecule has 11 nitrogen and oxygen atoms in total. The number of benzene rings is 2. The normalized spacial score (nSPS) is 15.6. The van der Waals surface area contributed by atoms with Crippen LogP contribution in [0.3, 0.4) is 0 Å². The van der Waals surface area contributed by atoms with Gasteiger partial charge in [0.2, 0.25) is 5.91 Å². The first-order valence-electron chi connectivity index (χ1n) is 11.4. The van der Waals surface area contributed by atoms with E-state index in [0.29, 0.717) is 52.0 Å². The van der Waals surface area contributed by atoms with Crippen LogP contribution in [0.15, 0.2) is 58.5 Å². The minimum Gasteiger partial charge on any atom is -0.480 e. The molecule has 2 aromatic carbocycles. The number of hydrogen-bond donors (Lipinski definition) is 5. The quantitative estimate of drug-likeness (QED) is 0.147. The summed E-state index contributed by atoms with van der Waals surface area (Å²) in [4.78, 5) is 49.8. The molecule has 0 saturated heterocycles. The number of fused-ring (bicyclic) bond motifs is 1. The number of aliphatic imine (C=N–C) groups is 2. The van der Waals surface area contributed by atoms with Gasteiger partial charge in [-0.2, -0.15) is 0 Å². The van der Waals surface area contributed by atoms with Crippen molar-refractivity contribution in [2.75, 3.05) is 17.6 Å². The summed E-state index contributed by atoms with van der Waals surface area (Å²) in [6.07, 6.45) is 0.815. The average Bonchev–Trinajstić information content (AvgIpc) is 3.53. The number of nitrogens with two attached hydrogens (primary N) is 2. The Balaban J connectivity index is 1.48. The third kappa shape index (κ3) is 6.83. The zero-order valence-electron chi connectivity index (χ0n) is 19.6. The Morgan fingerprint density at radius 2 is 1.95 bits per heavy atom. The molecule has 3 aromatic rings. The predicted octanol–water partition coefficient (Wildman–Crippen LogP) is 2.03. The number of carboxylic acid groups (broad SMARTS) is 1. The summed E-state index contributed by atoms with van der Waals surface area (Å²) in [7, 11) is 0. The molecule has 0 bridgehead atoms. The Bertz CT molecular complexity index is 1370. The van der Waals surface area contributed by atoms with Gasteiger partial charge in [-0.15, -0.1) is 23.1 Å². The molecule has 0 saturated carbocycles. The molecule has 0 fully saturated rings. The van der Waals surface area contributed by atoms with Gasteiger partial charge in [0.15, 0.2) is 12.0 Å². The van der Waals surface area contributed by atoms with E-state index in [1.54, 1.807) is 48.5 Å². The topological polar surface area (TPSA) is 185 Å². The van der Waals surface area contributed by atoms with Crippen molar-refractivity contribution in [1.82, 2.24) is 10.3 Å². The fraction of sp³-hybridized carbons (Fsp3) is 0.250. The van der Waals surface area contributed by atoms with Crippen molar-refractivity contribution in [3.05, 3.63) is 59.1 Å². The molecule has 4 rings (SSSR count). The number of carbonyl (C=O) groups excluding carboxylic acids is 2. The molecule has 0 radical (unpaired) electrons. The number of thioether (sulfide) groups is 1. The minimum absolute atomic E-state index is 0.0352. The van der Waals surface area contributed by atoms with Gasteiger partial charge in [0.25, 0.3) is 5.91 Å². The lowest BCUT2D eigenvalue weighted by atomic mass is 10.1. The number of amides is 2. The van der Waals surface area contributed by atoms with Crippen LogP contribution in [-0.2, 0) is 9.59 Å². The Labute approximate surface area is 220 Å². The Hall–Kier alpha value is -3.97. The molecule has 0 aliphatic carbocycles. The molecule has 2 atom stereocenters. The molecule has 1 aliphatic rings. The number of rotatable bonds is 10. The highest BCUT2D eigenvalue weighted by Crippen LogP contribution is 2.31. The highest BCUT2D eigenvalue weighted by molar-refractivity contribution is 8.15. The van der Waals surface area contributed by atoms with E-state index in [0.717, 1.165) is 4.70 Å². The Kier molecular flexibility index (Phi) is 8.36. The number of nitrogens with zero attached hydrogens (tertiary/aromatic N) is 3. The van der Waals surface area contributed by atoms with E-state index < -0.39 is 18.1 Å². The van der Waals surface area contributed by atoms with Crippen molar-refractivity contribution in [2.45, 2.75) is 24.9 Å². The van der Waals surface area contributed by atoms with E-state index in [-0.39, 0.29) is 17.8 Å². The molecule has 0 unspecified atom stereocenters. The summed E-state index contributed by atoms with van der Waals surface area (Å²) in [5.41, 5.74) is 12.5. The van der Waals surface area contributed by atoms with E-state index in [4.69, 9.17) is 11.5 Å². The second-order valence-corrected chi connectivity index (χ2v) is 10.2. The fourth-order valence-electron chi connectivity index (χ4n) is 3.54. The molecule has 192 valence electrons. The molecule has 2 heterocycles.